The van der Waals surface area contributed by atoms with Crippen LogP contribution in [0, 0.1) is 0 Å². The summed E-state index contributed by atoms with van der Waals surface area (Å²) >= 11 is 0. The molecule has 2 aliphatic rings. The molecule has 2 heterocycles. The first-order valence-electron chi connectivity index (χ1n) is 8.28. The third-order valence-electron chi connectivity index (χ3n) is 4.53. The average molecular weight is 339 g/mol. The smallest absolute Gasteiger partial charge is 0.279 e. The second-order valence-corrected chi connectivity index (χ2v) is 7.79. The number of rotatable bonds is 6. The van der Waals surface area contributed by atoms with Gasteiger partial charge in [0.2, 0.25) is 0 Å². The van der Waals surface area contributed by atoms with Gasteiger partial charge in [0.1, 0.15) is 0 Å². The van der Waals surface area contributed by atoms with Gasteiger partial charge < -0.3 is 4.74 Å². The van der Waals surface area contributed by atoms with Crippen LogP contribution in [0.2, 0.25) is 0 Å². The predicted molar refractivity (Wildman–Crippen MR) is 89.3 cm³/mol. The lowest BCUT2D eigenvalue weighted by Crippen LogP contribution is -2.48. The van der Waals surface area contributed by atoms with Crippen LogP contribution in [0.4, 0.5) is 0 Å². The summed E-state index contributed by atoms with van der Waals surface area (Å²) in [5, 5.41) is 0. The number of ether oxygens (including phenoxy) is 1. The molecule has 128 valence electrons. The van der Waals surface area contributed by atoms with Crippen molar-refractivity contribution in [2.75, 3.05) is 45.9 Å². The highest BCUT2D eigenvalue weighted by atomic mass is 32.2. The van der Waals surface area contributed by atoms with E-state index in [9.17, 15) is 8.42 Å². The maximum absolute atomic E-state index is 12.5. The molecule has 2 saturated heterocycles. The van der Waals surface area contributed by atoms with Crippen molar-refractivity contribution in [3.8, 4) is 0 Å². The molecule has 0 aromatic heterocycles. The van der Waals surface area contributed by atoms with E-state index in [-0.39, 0.29) is 6.04 Å². The second kappa shape index (κ2) is 7.72. The largest absolute Gasteiger partial charge is 0.379 e. The number of nitrogens with one attached hydrogen (secondary N) is 1. The fourth-order valence-electron chi connectivity index (χ4n) is 3.25. The minimum Gasteiger partial charge on any atom is -0.379 e. The molecule has 0 unspecified atom stereocenters. The van der Waals surface area contributed by atoms with Crippen LogP contribution in [0.3, 0.4) is 0 Å². The summed E-state index contributed by atoms with van der Waals surface area (Å²) in [6.07, 6.45) is 2.36. The van der Waals surface area contributed by atoms with E-state index in [0.29, 0.717) is 32.8 Å². The second-order valence-electron chi connectivity index (χ2n) is 6.03. The first-order valence-corrected chi connectivity index (χ1v) is 9.72. The molecule has 7 heteroatoms. The van der Waals surface area contributed by atoms with Gasteiger partial charge in [0, 0.05) is 25.7 Å². The van der Waals surface area contributed by atoms with Crippen molar-refractivity contribution < 1.29 is 13.2 Å². The molecule has 0 spiro atoms. The van der Waals surface area contributed by atoms with E-state index in [1.54, 1.807) is 0 Å². The van der Waals surface area contributed by atoms with Gasteiger partial charge in [0.25, 0.3) is 10.2 Å². The number of hydrogen-bond donors (Lipinski definition) is 1. The normalized spacial score (nSPS) is 22.3. The highest BCUT2D eigenvalue weighted by molar-refractivity contribution is 7.87. The summed E-state index contributed by atoms with van der Waals surface area (Å²) in [6, 6.07) is 10.2. The maximum atomic E-state index is 12.5. The summed E-state index contributed by atoms with van der Waals surface area (Å²) in [4.78, 5) is 2.37. The highest BCUT2D eigenvalue weighted by Gasteiger charge is 2.28. The van der Waals surface area contributed by atoms with Crippen molar-refractivity contribution in [1.82, 2.24) is 13.9 Å². The lowest BCUT2D eigenvalue weighted by Gasteiger charge is -2.30. The van der Waals surface area contributed by atoms with Crippen molar-refractivity contribution in [1.29, 1.82) is 0 Å². The van der Waals surface area contributed by atoms with E-state index in [0.717, 1.165) is 13.1 Å². The lowest BCUT2D eigenvalue weighted by atomic mass is 10.1. The summed E-state index contributed by atoms with van der Waals surface area (Å²) < 4.78 is 34.5. The molecule has 2 fully saturated rings. The third-order valence-corrected chi connectivity index (χ3v) is 6.11. The number of likely N-dealkylation sites (tertiary alicyclic amines) is 1. The molecular weight excluding hydrogens is 314 g/mol. The Bertz CT molecular complexity index is 582. The van der Waals surface area contributed by atoms with Gasteiger partial charge >= 0.3 is 0 Å². The Balaban J connectivity index is 1.68. The van der Waals surface area contributed by atoms with E-state index in [4.69, 9.17) is 4.74 Å². The molecule has 2 aliphatic heterocycles. The van der Waals surface area contributed by atoms with Gasteiger partial charge in [0.15, 0.2) is 0 Å². The van der Waals surface area contributed by atoms with E-state index < -0.39 is 10.2 Å². The van der Waals surface area contributed by atoms with E-state index >= 15 is 0 Å². The van der Waals surface area contributed by atoms with Gasteiger partial charge in [-0.25, -0.2) is 4.72 Å². The minimum absolute atomic E-state index is 0.0921. The maximum Gasteiger partial charge on any atom is 0.279 e. The van der Waals surface area contributed by atoms with Crippen LogP contribution in [0.1, 0.15) is 24.4 Å². The van der Waals surface area contributed by atoms with Crippen LogP contribution >= 0.6 is 0 Å². The van der Waals surface area contributed by atoms with Crippen LogP contribution < -0.4 is 4.72 Å². The van der Waals surface area contributed by atoms with E-state index in [2.05, 4.69) is 21.8 Å². The molecule has 1 aromatic carbocycles. The van der Waals surface area contributed by atoms with Crippen LogP contribution in [0.5, 0.6) is 0 Å². The van der Waals surface area contributed by atoms with E-state index in [1.165, 1.54) is 22.7 Å². The Morgan fingerprint density at radius 1 is 1.04 bits per heavy atom. The van der Waals surface area contributed by atoms with Crippen LogP contribution in [0.15, 0.2) is 30.3 Å². The lowest BCUT2D eigenvalue weighted by molar-refractivity contribution is 0.0723. The molecule has 23 heavy (non-hydrogen) atoms. The van der Waals surface area contributed by atoms with Crippen LogP contribution in [0.25, 0.3) is 0 Å². The zero-order valence-electron chi connectivity index (χ0n) is 13.4. The van der Waals surface area contributed by atoms with Gasteiger partial charge in [-0.2, -0.15) is 12.7 Å². The zero-order valence-corrected chi connectivity index (χ0v) is 14.2. The third kappa shape index (κ3) is 4.30. The van der Waals surface area contributed by atoms with Gasteiger partial charge in [-0.15, -0.1) is 0 Å². The van der Waals surface area contributed by atoms with Crippen LogP contribution in [-0.4, -0.2) is 63.6 Å². The standard InChI is InChI=1S/C16H25N3O3S/c20-23(21,19-10-12-22-13-11-19)17-14-16(18-8-4-5-9-18)15-6-2-1-3-7-15/h1-3,6-7,16-17H,4-5,8-14H2/t16-/m1/s1. The Labute approximate surface area is 138 Å². The number of morpholine rings is 1. The molecule has 0 aliphatic carbocycles. The fraction of sp³-hybridized carbons (Fsp3) is 0.625. The molecule has 0 bridgehead atoms. The molecule has 1 aromatic rings. The van der Waals surface area contributed by atoms with Crippen LogP contribution in [-0.2, 0) is 14.9 Å². The van der Waals surface area contributed by atoms with Crippen molar-refractivity contribution in [2.45, 2.75) is 18.9 Å². The number of hydrogen-bond acceptors (Lipinski definition) is 4. The summed E-state index contributed by atoms with van der Waals surface area (Å²) in [5.74, 6) is 0. The minimum atomic E-state index is -3.44. The molecule has 0 amide bonds. The van der Waals surface area contributed by atoms with Crippen molar-refractivity contribution in [3.05, 3.63) is 35.9 Å². The fourth-order valence-corrected chi connectivity index (χ4v) is 4.43. The highest BCUT2D eigenvalue weighted by Crippen LogP contribution is 2.24. The molecule has 0 saturated carbocycles. The summed E-state index contributed by atoms with van der Waals surface area (Å²) in [7, 11) is -3.44. The van der Waals surface area contributed by atoms with Gasteiger partial charge in [-0.05, 0) is 31.5 Å². The molecule has 0 radical (unpaired) electrons. The molecule has 1 atom stereocenters. The van der Waals surface area contributed by atoms with Gasteiger partial charge in [-0.3, -0.25) is 4.90 Å². The Morgan fingerprint density at radius 2 is 1.70 bits per heavy atom. The first kappa shape index (κ1) is 16.9. The predicted octanol–water partition coefficient (Wildman–Crippen LogP) is 0.990. The molecular formula is C16H25N3O3S. The Kier molecular flexibility index (Phi) is 5.66. The van der Waals surface area contributed by atoms with Crippen molar-refractivity contribution in [3.63, 3.8) is 0 Å². The van der Waals surface area contributed by atoms with Gasteiger partial charge in [0.05, 0.1) is 13.2 Å². The van der Waals surface area contributed by atoms with Gasteiger partial charge in [-0.1, -0.05) is 30.3 Å². The molecule has 3 rings (SSSR count). The number of nitrogens with zero attached hydrogens (tertiary/aromatic N) is 2. The van der Waals surface area contributed by atoms with Crippen molar-refractivity contribution in [2.24, 2.45) is 0 Å². The zero-order chi connectivity index (χ0) is 16.1. The van der Waals surface area contributed by atoms with E-state index in [1.807, 2.05) is 18.2 Å². The quantitative estimate of drug-likeness (QED) is 0.840. The Morgan fingerprint density at radius 3 is 2.35 bits per heavy atom. The molecule has 1 N–H and O–H groups in total. The summed E-state index contributed by atoms with van der Waals surface area (Å²) in [6.45, 7) is 4.25. The summed E-state index contributed by atoms with van der Waals surface area (Å²) in [5.41, 5.74) is 1.17. The average Bonchev–Trinajstić information content (AvgIpc) is 3.11. The monoisotopic (exact) mass is 339 g/mol. The van der Waals surface area contributed by atoms with Crippen molar-refractivity contribution >= 4 is 10.2 Å². The Hall–Kier alpha value is -0.990. The number of benzene rings is 1. The topological polar surface area (TPSA) is 61.9 Å². The first-order chi connectivity index (χ1) is 11.2. The molecule has 6 nitrogen and oxygen atoms in total. The SMILES string of the molecule is O=S(=O)(NC[C@H](c1ccccc1)N1CCCC1)N1CCOCC1.